The molecule has 20 heavy (non-hydrogen) atoms. The lowest BCUT2D eigenvalue weighted by Gasteiger charge is -2.27. The average molecular weight is 282 g/mol. The van der Waals surface area contributed by atoms with Crippen molar-refractivity contribution in [1.82, 2.24) is 10.6 Å². The van der Waals surface area contributed by atoms with E-state index in [0.717, 1.165) is 5.56 Å². The molecule has 0 heterocycles. The van der Waals surface area contributed by atoms with E-state index in [1.54, 1.807) is 32.9 Å². The summed E-state index contributed by atoms with van der Waals surface area (Å²) < 4.78 is 12.7. The zero-order chi connectivity index (χ0) is 15.3. The highest BCUT2D eigenvalue weighted by atomic mass is 19.1. The number of rotatable bonds is 4. The molecule has 3 N–H and O–H groups in total. The Morgan fingerprint density at radius 2 is 1.80 bits per heavy atom. The van der Waals surface area contributed by atoms with Crippen molar-refractivity contribution in [3.8, 4) is 0 Å². The molecule has 5 nitrogen and oxygen atoms in total. The summed E-state index contributed by atoms with van der Waals surface area (Å²) >= 11 is 0. The van der Waals surface area contributed by atoms with E-state index in [0.29, 0.717) is 0 Å². The van der Waals surface area contributed by atoms with E-state index in [-0.39, 0.29) is 12.4 Å². The van der Waals surface area contributed by atoms with Gasteiger partial charge < -0.3 is 15.7 Å². The summed E-state index contributed by atoms with van der Waals surface area (Å²) in [6.45, 7) is 5.38. The molecule has 0 saturated heterocycles. The second kappa shape index (κ2) is 6.36. The molecule has 0 aliphatic heterocycles. The minimum atomic E-state index is -1.09. The van der Waals surface area contributed by atoms with Gasteiger partial charge in [0.15, 0.2) is 0 Å². The molecule has 1 aromatic rings. The first-order valence-corrected chi connectivity index (χ1v) is 6.22. The van der Waals surface area contributed by atoms with Crippen LogP contribution in [0.3, 0.4) is 0 Å². The van der Waals surface area contributed by atoms with Gasteiger partial charge >= 0.3 is 12.0 Å². The van der Waals surface area contributed by atoms with E-state index in [2.05, 4.69) is 10.6 Å². The van der Waals surface area contributed by atoms with Crippen LogP contribution >= 0.6 is 0 Å². The molecule has 0 aliphatic carbocycles. The Bertz CT molecular complexity index is 480. The molecule has 1 rings (SSSR count). The largest absolute Gasteiger partial charge is 0.480 e. The van der Waals surface area contributed by atoms with Crippen molar-refractivity contribution in [2.24, 2.45) is 5.41 Å². The van der Waals surface area contributed by atoms with Crippen LogP contribution in [0.5, 0.6) is 0 Å². The Kier molecular flexibility index (Phi) is 5.07. The molecule has 0 bridgehead atoms. The smallest absolute Gasteiger partial charge is 0.326 e. The van der Waals surface area contributed by atoms with E-state index in [9.17, 15) is 14.0 Å². The molecule has 1 atom stereocenters. The van der Waals surface area contributed by atoms with Crippen molar-refractivity contribution in [3.05, 3.63) is 35.6 Å². The van der Waals surface area contributed by atoms with Crippen LogP contribution in [-0.2, 0) is 11.3 Å². The lowest BCUT2D eigenvalue weighted by atomic mass is 9.87. The Balaban J connectivity index is 2.54. The van der Waals surface area contributed by atoms with Crippen LogP contribution in [0.2, 0.25) is 0 Å². The molecule has 2 amide bonds. The number of benzene rings is 1. The van der Waals surface area contributed by atoms with Gasteiger partial charge in [0.05, 0.1) is 0 Å². The van der Waals surface area contributed by atoms with Crippen LogP contribution in [0.15, 0.2) is 24.3 Å². The van der Waals surface area contributed by atoms with Gasteiger partial charge in [-0.2, -0.15) is 0 Å². The summed E-state index contributed by atoms with van der Waals surface area (Å²) in [5, 5.41) is 14.0. The molecule has 0 aromatic heterocycles. The number of nitrogens with one attached hydrogen (secondary N) is 2. The maximum absolute atomic E-state index is 12.7. The third-order valence-corrected chi connectivity index (χ3v) is 2.75. The molecule has 0 aliphatic rings. The van der Waals surface area contributed by atoms with Crippen molar-refractivity contribution in [3.63, 3.8) is 0 Å². The van der Waals surface area contributed by atoms with Crippen LogP contribution in [0.1, 0.15) is 26.3 Å². The highest BCUT2D eigenvalue weighted by molar-refractivity contribution is 5.83. The van der Waals surface area contributed by atoms with Gasteiger partial charge in [-0.3, -0.25) is 0 Å². The van der Waals surface area contributed by atoms with E-state index in [1.165, 1.54) is 12.1 Å². The quantitative estimate of drug-likeness (QED) is 0.791. The Labute approximate surface area is 117 Å². The van der Waals surface area contributed by atoms with Crippen molar-refractivity contribution >= 4 is 12.0 Å². The van der Waals surface area contributed by atoms with Gasteiger partial charge in [0.2, 0.25) is 0 Å². The molecule has 1 unspecified atom stereocenters. The maximum Gasteiger partial charge on any atom is 0.326 e. The number of carboxylic acid groups (broad SMARTS) is 1. The van der Waals surface area contributed by atoms with Crippen molar-refractivity contribution in [2.45, 2.75) is 33.4 Å². The van der Waals surface area contributed by atoms with Gasteiger partial charge in [0.25, 0.3) is 0 Å². The SMILES string of the molecule is CC(C)(C)C(NC(=O)NCc1ccc(F)cc1)C(=O)O. The molecular weight excluding hydrogens is 263 g/mol. The fourth-order valence-corrected chi connectivity index (χ4v) is 1.62. The number of halogens is 1. The van der Waals surface area contributed by atoms with Crippen molar-refractivity contribution < 1.29 is 19.1 Å². The lowest BCUT2D eigenvalue weighted by Crippen LogP contribution is -2.52. The third kappa shape index (κ3) is 4.87. The molecule has 1 aromatic carbocycles. The summed E-state index contributed by atoms with van der Waals surface area (Å²) in [5.74, 6) is -1.44. The molecule has 0 radical (unpaired) electrons. The number of amides is 2. The van der Waals surface area contributed by atoms with E-state index in [1.807, 2.05) is 0 Å². The van der Waals surface area contributed by atoms with Crippen molar-refractivity contribution in [1.29, 1.82) is 0 Å². The first-order valence-electron chi connectivity index (χ1n) is 6.22. The van der Waals surface area contributed by atoms with Crippen LogP contribution < -0.4 is 10.6 Å². The highest BCUT2D eigenvalue weighted by Gasteiger charge is 2.32. The van der Waals surface area contributed by atoms with Crippen LogP contribution in [0.25, 0.3) is 0 Å². The Hall–Kier alpha value is -2.11. The fraction of sp³-hybridized carbons (Fsp3) is 0.429. The van der Waals surface area contributed by atoms with Crippen LogP contribution in [-0.4, -0.2) is 23.1 Å². The zero-order valence-corrected chi connectivity index (χ0v) is 11.7. The average Bonchev–Trinajstić information content (AvgIpc) is 2.33. The van der Waals surface area contributed by atoms with Gasteiger partial charge in [0, 0.05) is 6.54 Å². The maximum atomic E-state index is 12.7. The zero-order valence-electron chi connectivity index (χ0n) is 11.7. The first kappa shape index (κ1) is 15.9. The minimum absolute atomic E-state index is 0.197. The molecule has 110 valence electrons. The second-order valence-corrected chi connectivity index (χ2v) is 5.59. The summed E-state index contributed by atoms with van der Waals surface area (Å²) in [6, 6.07) is 4.13. The number of hydrogen-bond donors (Lipinski definition) is 3. The molecular formula is C14H19FN2O3. The summed E-state index contributed by atoms with van der Waals surface area (Å²) in [5.41, 5.74) is 0.128. The summed E-state index contributed by atoms with van der Waals surface area (Å²) in [4.78, 5) is 22.8. The highest BCUT2D eigenvalue weighted by Crippen LogP contribution is 2.19. The predicted molar refractivity (Wildman–Crippen MR) is 72.7 cm³/mol. The van der Waals surface area contributed by atoms with E-state index >= 15 is 0 Å². The van der Waals surface area contributed by atoms with E-state index < -0.39 is 23.5 Å². The number of urea groups is 1. The van der Waals surface area contributed by atoms with Gasteiger partial charge in [0.1, 0.15) is 11.9 Å². The summed E-state index contributed by atoms with van der Waals surface area (Å²) in [7, 11) is 0. The van der Waals surface area contributed by atoms with Gasteiger partial charge in [-0.15, -0.1) is 0 Å². The van der Waals surface area contributed by atoms with Gasteiger partial charge in [-0.05, 0) is 23.1 Å². The summed E-state index contributed by atoms with van der Waals surface area (Å²) in [6.07, 6.45) is 0. The molecule has 0 saturated carbocycles. The minimum Gasteiger partial charge on any atom is -0.480 e. The Morgan fingerprint density at radius 3 is 2.25 bits per heavy atom. The monoisotopic (exact) mass is 282 g/mol. The normalized spacial score (nSPS) is 12.6. The number of carbonyl (C=O) groups is 2. The van der Waals surface area contributed by atoms with Crippen LogP contribution in [0, 0.1) is 11.2 Å². The topological polar surface area (TPSA) is 78.4 Å². The standard InChI is InChI=1S/C14H19FN2O3/c1-14(2,3)11(12(18)19)17-13(20)16-8-9-4-6-10(15)7-5-9/h4-7,11H,8H2,1-3H3,(H,18,19)(H2,16,17,20). The molecule has 0 fully saturated rings. The fourth-order valence-electron chi connectivity index (χ4n) is 1.62. The Morgan fingerprint density at radius 1 is 1.25 bits per heavy atom. The lowest BCUT2D eigenvalue weighted by molar-refractivity contribution is -0.141. The molecule has 0 spiro atoms. The van der Waals surface area contributed by atoms with Gasteiger partial charge in [-0.25, -0.2) is 14.0 Å². The first-order chi connectivity index (χ1) is 9.20. The number of carbonyl (C=O) groups excluding carboxylic acids is 1. The number of carboxylic acids is 1. The number of hydrogen-bond acceptors (Lipinski definition) is 2. The molecule has 6 heteroatoms. The third-order valence-electron chi connectivity index (χ3n) is 2.75. The van der Waals surface area contributed by atoms with Gasteiger partial charge in [-0.1, -0.05) is 32.9 Å². The number of aliphatic carboxylic acids is 1. The van der Waals surface area contributed by atoms with E-state index in [4.69, 9.17) is 5.11 Å². The van der Waals surface area contributed by atoms with Crippen molar-refractivity contribution in [2.75, 3.05) is 0 Å². The van der Waals surface area contributed by atoms with Crippen LogP contribution in [0.4, 0.5) is 9.18 Å². The predicted octanol–water partition coefficient (Wildman–Crippen LogP) is 2.12. The second-order valence-electron chi connectivity index (χ2n) is 5.59.